The first-order valence-electron chi connectivity index (χ1n) is 6.75. The number of nitrogens with zero attached hydrogens (tertiary/aromatic N) is 2. The summed E-state index contributed by atoms with van der Waals surface area (Å²) in [5.74, 6) is 0.158. The van der Waals surface area contributed by atoms with E-state index in [1.165, 1.54) is 4.90 Å². The maximum atomic E-state index is 11.8. The molecule has 1 N–H and O–H groups in total. The largest absolute Gasteiger partial charge is 0.465 e. The summed E-state index contributed by atoms with van der Waals surface area (Å²) in [4.78, 5) is 25.9. The van der Waals surface area contributed by atoms with E-state index in [9.17, 15) is 9.59 Å². The van der Waals surface area contributed by atoms with Crippen LogP contribution in [0.25, 0.3) is 0 Å². The molecular weight excluding hydrogens is 232 g/mol. The molecule has 106 valence electrons. The van der Waals surface area contributed by atoms with E-state index < -0.39 is 6.09 Å². The summed E-state index contributed by atoms with van der Waals surface area (Å²) >= 11 is 0. The van der Waals surface area contributed by atoms with Gasteiger partial charge >= 0.3 is 6.09 Å². The summed E-state index contributed by atoms with van der Waals surface area (Å²) < 4.78 is 0. The third-order valence-electron chi connectivity index (χ3n) is 3.25. The fourth-order valence-corrected chi connectivity index (χ4v) is 2.07. The lowest BCUT2D eigenvalue weighted by Crippen LogP contribution is -2.37. The molecule has 0 saturated carbocycles. The Morgan fingerprint density at radius 2 is 1.67 bits per heavy atom. The van der Waals surface area contributed by atoms with E-state index >= 15 is 0 Å². The average Bonchev–Trinajstić information content (AvgIpc) is 2.30. The first kappa shape index (κ1) is 16.7. The van der Waals surface area contributed by atoms with E-state index in [-0.39, 0.29) is 11.9 Å². The Balaban J connectivity index is 4.03. The van der Waals surface area contributed by atoms with E-state index in [1.807, 2.05) is 27.7 Å². The van der Waals surface area contributed by atoms with Gasteiger partial charge in [-0.25, -0.2) is 4.79 Å². The van der Waals surface area contributed by atoms with E-state index in [2.05, 4.69) is 0 Å². The van der Waals surface area contributed by atoms with Gasteiger partial charge < -0.3 is 14.9 Å². The van der Waals surface area contributed by atoms with Gasteiger partial charge in [0.1, 0.15) is 0 Å². The molecule has 0 aliphatic carbocycles. The molecule has 18 heavy (non-hydrogen) atoms. The molecule has 1 unspecified atom stereocenters. The average molecular weight is 258 g/mol. The third kappa shape index (κ3) is 5.38. The Kier molecular flexibility index (Phi) is 8.16. The van der Waals surface area contributed by atoms with Gasteiger partial charge in [-0.05, 0) is 40.5 Å². The topological polar surface area (TPSA) is 60.9 Å². The lowest BCUT2D eigenvalue weighted by Gasteiger charge is -2.25. The van der Waals surface area contributed by atoms with Gasteiger partial charge in [-0.2, -0.15) is 0 Å². The minimum atomic E-state index is -0.889. The Labute approximate surface area is 110 Å². The zero-order valence-electron chi connectivity index (χ0n) is 12.0. The molecule has 0 rings (SSSR count). The standard InChI is InChI=1S/C13H26N2O3/c1-5-14(6-2)12(16)10-8-9-11(4)15(7-3)13(17)18/h11H,5-10H2,1-4H3,(H,17,18). The lowest BCUT2D eigenvalue weighted by atomic mass is 10.1. The Hall–Kier alpha value is -1.26. The SMILES string of the molecule is CCN(CC)C(=O)CCCC(C)N(CC)C(=O)O. The van der Waals surface area contributed by atoms with E-state index in [1.54, 1.807) is 4.90 Å². The van der Waals surface area contributed by atoms with Gasteiger partial charge in [0.15, 0.2) is 0 Å². The first-order chi connectivity index (χ1) is 8.47. The van der Waals surface area contributed by atoms with Gasteiger partial charge in [0.2, 0.25) is 5.91 Å². The highest BCUT2D eigenvalue weighted by molar-refractivity contribution is 5.76. The van der Waals surface area contributed by atoms with Crippen LogP contribution in [-0.2, 0) is 4.79 Å². The highest BCUT2D eigenvalue weighted by Gasteiger charge is 2.17. The zero-order chi connectivity index (χ0) is 14.1. The smallest absolute Gasteiger partial charge is 0.407 e. The molecule has 5 heteroatoms. The van der Waals surface area contributed by atoms with Crippen molar-refractivity contribution in [1.29, 1.82) is 0 Å². The van der Waals surface area contributed by atoms with Gasteiger partial charge in [-0.3, -0.25) is 4.79 Å². The predicted molar refractivity (Wildman–Crippen MR) is 71.6 cm³/mol. The van der Waals surface area contributed by atoms with Gasteiger partial charge in [0.25, 0.3) is 0 Å². The van der Waals surface area contributed by atoms with Crippen molar-refractivity contribution in [3.8, 4) is 0 Å². The quantitative estimate of drug-likeness (QED) is 0.727. The van der Waals surface area contributed by atoms with Crippen LogP contribution in [0, 0.1) is 0 Å². The molecule has 0 aromatic rings. The summed E-state index contributed by atoms with van der Waals surface area (Å²) in [6.07, 6.45) is 1.08. The van der Waals surface area contributed by atoms with Crippen LogP contribution >= 0.6 is 0 Å². The number of carboxylic acid groups (broad SMARTS) is 1. The van der Waals surface area contributed by atoms with Crippen molar-refractivity contribution >= 4 is 12.0 Å². The Morgan fingerprint density at radius 3 is 2.06 bits per heavy atom. The van der Waals surface area contributed by atoms with Gasteiger partial charge in [-0.15, -0.1) is 0 Å². The molecule has 0 bridgehead atoms. The van der Waals surface area contributed by atoms with Crippen molar-refractivity contribution in [3.63, 3.8) is 0 Å². The molecule has 0 saturated heterocycles. The van der Waals surface area contributed by atoms with Crippen LogP contribution in [0.1, 0.15) is 47.0 Å². The second-order valence-corrected chi connectivity index (χ2v) is 4.38. The number of hydrogen-bond acceptors (Lipinski definition) is 2. The molecule has 0 aliphatic rings. The molecule has 2 amide bonds. The molecule has 0 aromatic heterocycles. The van der Waals surface area contributed by atoms with Crippen LogP contribution in [0.15, 0.2) is 0 Å². The first-order valence-corrected chi connectivity index (χ1v) is 6.75. The summed E-state index contributed by atoms with van der Waals surface area (Å²) in [6, 6.07) is -0.0306. The van der Waals surface area contributed by atoms with Crippen LogP contribution in [0.2, 0.25) is 0 Å². The number of carbonyl (C=O) groups excluding carboxylic acids is 1. The highest BCUT2D eigenvalue weighted by atomic mass is 16.4. The maximum Gasteiger partial charge on any atom is 0.407 e. The summed E-state index contributed by atoms with van der Waals surface area (Å²) in [5, 5.41) is 8.97. The van der Waals surface area contributed by atoms with E-state index in [4.69, 9.17) is 5.11 Å². The molecule has 1 atom stereocenters. The van der Waals surface area contributed by atoms with Gasteiger partial charge in [0, 0.05) is 32.1 Å². The second kappa shape index (κ2) is 8.78. The van der Waals surface area contributed by atoms with Crippen molar-refractivity contribution in [2.24, 2.45) is 0 Å². The van der Waals surface area contributed by atoms with Crippen LogP contribution in [0.5, 0.6) is 0 Å². The normalized spacial score (nSPS) is 12.0. The lowest BCUT2D eigenvalue weighted by molar-refractivity contribution is -0.130. The molecule has 0 fully saturated rings. The predicted octanol–water partition coefficient (Wildman–Crippen LogP) is 2.41. The number of carbonyl (C=O) groups is 2. The molecule has 0 aromatic carbocycles. The third-order valence-corrected chi connectivity index (χ3v) is 3.25. The molecule has 0 spiro atoms. The minimum absolute atomic E-state index is 0.0306. The number of rotatable bonds is 8. The number of amides is 2. The van der Waals surface area contributed by atoms with Crippen molar-refractivity contribution in [1.82, 2.24) is 9.80 Å². The molecule has 0 aliphatic heterocycles. The van der Waals surface area contributed by atoms with Crippen LogP contribution in [0.3, 0.4) is 0 Å². The highest BCUT2D eigenvalue weighted by Crippen LogP contribution is 2.10. The Morgan fingerprint density at radius 1 is 1.11 bits per heavy atom. The number of hydrogen-bond donors (Lipinski definition) is 1. The zero-order valence-corrected chi connectivity index (χ0v) is 12.0. The van der Waals surface area contributed by atoms with Crippen LogP contribution in [-0.4, -0.2) is 52.6 Å². The monoisotopic (exact) mass is 258 g/mol. The Bertz CT molecular complexity index is 265. The molecule has 0 heterocycles. The van der Waals surface area contributed by atoms with Crippen molar-refractivity contribution < 1.29 is 14.7 Å². The van der Waals surface area contributed by atoms with Crippen molar-refractivity contribution in [2.45, 2.75) is 53.0 Å². The van der Waals surface area contributed by atoms with Crippen LogP contribution < -0.4 is 0 Å². The van der Waals surface area contributed by atoms with Crippen LogP contribution in [0.4, 0.5) is 4.79 Å². The fourth-order valence-electron chi connectivity index (χ4n) is 2.07. The van der Waals surface area contributed by atoms with Crippen molar-refractivity contribution in [3.05, 3.63) is 0 Å². The summed E-state index contributed by atoms with van der Waals surface area (Å²) in [7, 11) is 0. The van der Waals surface area contributed by atoms with E-state index in [0.29, 0.717) is 13.0 Å². The summed E-state index contributed by atoms with van der Waals surface area (Å²) in [6.45, 7) is 9.61. The molecule has 0 radical (unpaired) electrons. The van der Waals surface area contributed by atoms with E-state index in [0.717, 1.165) is 25.9 Å². The maximum absolute atomic E-state index is 11.8. The minimum Gasteiger partial charge on any atom is -0.465 e. The van der Waals surface area contributed by atoms with Gasteiger partial charge in [0.05, 0.1) is 0 Å². The molecule has 5 nitrogen and oxygen atoms in total. The van der Waals surface area contributed by atoms with Crippen molar-refractivity contribution in [2.75, 3.05) is 19.6 Å². The summed E-state index contributed by atoms with van der Waals surface area (Å²) in [5.41, 5.74) is 0. The van der Waals surface area contributed by atoms with Gasteiger partial charge in [-0.1, -0.05) is 0 Å². The second-order valence-electron chi connectivity index (χ2n) is 4.38. The fraction of sp³-hybridized carbons (Fsp3) is 0.846. The molecular formula is C13H26N2O3.